The van der Waals surface area contributed by atoms with Gasteiger partial charge >= 0.3 is 0 Å². The number of amides is 1. The van der Waals surface area contributed by atoms with Gasteiger partial charge in [0.05, 0.1) is 12.1 Å². The van der Waals surface area contributed by atoms with Gasteiger partial charge in [-0.15, -0.1) is 23.1 Å². The highest BCUT2D eigenvalue weighted by Crippen LogP contribution is 2.29. The Morgan fingerprint density at radius 1 is 1.24 bits per heavy atom. The zero-order valence-corrected chi connectivity index (χ0v) is 16.2. The van der Waals surface area contributed by atoms with Crippen molar-refractivity contribution in [2.75, 3.05) is 5.75 Å². The van der Waals surface area contributed by atoms with Gasteiger partial charge in [0.2, 0.25) is 0 Å². The van der Waals surface area contributed by atoms with Crippen molar-refractivity contribution >= 4 is 40.3 Å². The molecule has 25 heavy (non-hydrogen) atoms. The Hall–Kier alpha value is -1.60. The lowest BCUT2D eigenvalue weighted by Crippen LogP contribution is -2.22. The minimum absolute atomic E-state index is 0.0649. The van der Waals surface area contributed by atoms with Crippen LogP contribution in [0, 0.1) is 0 Å². The lowest BCUT2D eigenvalue weighted by Gasteiger charge is -2.08. The van der Waals surface area contributed by atoms with Crippen molar-refractivity contribution in [3.63, 3.8) is 0 Å². The van der Waals surface area contributed by atoms with Crippen LogP contribution >= 0.6 is 34.4 Å². The summed E-state index contributed by atoms with van der Waals surface area (Å²) < 4.78 is 0. The fourth-order valence-electron chi connectivity index (χ4n) is 2.43. The summed E-state index contributed by atoms with van der Waals surface area (Å²) in [6, 6.07) is 13.5. The SMILES string of the molecule is CCSc1ccccc1C(=O)NCc1ccc([C@H](O)c2ccsc2)s1. The van der Waals surface area contributed by atoms with Crippen LogP contribution in [0.25, 0.3) is 0 Å². The van der Waals surface area contributed by atoms with E-state index in [1.807, 2.05) is 53.2 Å². The molecule has 2 heterocycles. The molecule has 0 aliphatic rings. The van der Waals surface area contributed by atoms with Crippen LogP contribution in [0.3, 0.4) is 0 Å². The Bertz CT molecular complexity index is 827. The van der Waals surface area contributed by atoms with Crippen molar-refractivity contribution in [2.24, 2.45) is 0 Å². The molecule has 0 bridgehead atoms. The van der Waals surface area contributed by atoms with Crippen molar-refractivity contribution in [2.45, 2.75) is 24.5 Å². The summed E-state index contributed by atoms with van der Waals surface area (Å²) >= 11 is 4.77. The molecule has 1 amide bonds. The van der Waals surface area contributed by atoms with Gasteiger partial charge in [-0.1, -0.05) is 19.1 Å². The first-order valence-corrected chi connectivity index (χ1v) is 10.7. The van der Waals surface area contributed by atoms with E-state index in [-0.39, 0.29) is 5.91 Å². The number of nitrogens with one attached hydrogen (secondary N) is 1. The van der Waals surface area contributed by atoms with Crippen molar-refractivity contribution in [1.29, 1.82) is 0 Å². The highest BCUT2D eigenvalue weighted by Gasteiger charge is 2.15. The molecule has 0 spiro atoms. The van der Waals surface area contributed by atoms with Crippen molar-refractivity contribution < 1.29 is 9.90 Å². The lowest BCUT2D eigenvalue weighted by molar-refractivity contribution is 0.0948. The quantitative estimate of drug-likeness (QED) is 0.563. The highest BCUT2D eigenvalue weighted by molar-refractivity contribution is 7.99. The molecular weight excluding hydrogens is 370 g/mol. The molecule has 0 saturated heterocycles. The highest BCUT2D eigenvalue weighted by atomic mass is 32.2. The molecule has 3 aromatic rings. The van der Waals surface area contributed by atoms with Crippen LogP contribution < -0.4 is 5.32 Å². The average Bonchev–Trinajstić information content (AvgIpc) is 3.32. The van der Waals surface area contributed by atoms with Gasteiger partial charge in [0.25, 0.3) is 5.91 Å². The molecule has 0 aliphatic carbocycles. The fourth-order valence-corrected chi connectivity index (χ4v) is 4.88. The Morgan fingerprint density at radius 2 is 2.08 bits per heavy atom. The predicted octanol–water partition coefficient (Wildman–Crippen LogP) is 4.93. The van der Waals surface area contributed by atoms with Gasteiger partial charge in [0.1, 0.15) is 6.10 Å². The number of carbonyl (C=O) groups excluding carboxylic acids is 1. The van der Waals surface area contributed by atoms with Crippen LogP contribution in [0.2, 0.25) is 0 Å². The van der Waals surface area contributed by atoms with Crippen LogP contribution in [0.4, 0.5) is 0 Å². The van der Waals surface area contributed by atoms with Gasteiger partial charge in [-0.2, -0.15) is 11.3 Å². The normalized spacial score (nSPS) is 12.1. The third kappa shape index (κ3) is 4.52. The number of thioether (sulfide) groups is 1. The number of thiophene rings is 2. The zero-order valence-electron chi connectivity index (χ0n) is 13.8. The van der Waals surface area contributed by atoms with Crippen molar-refractivity contribution in [1.82, 2.24) is 5.32 Å². The van der Waals surface area contributed by atoms with E-state index >= 15 is 0 Å². The minimum atomic E-state index is -0.595. The number of hydrogen-bond acceptors (Lipinski definition) is 5. The first-order chi connectivity index (χ1) is 12.2. The maximum absolute atomic E-state index is 12.5. The summed E-state index contributed by atoms with van der Waals surface area (Å²) in [5.74, 6) is 0.865. The molecule has 0 radical (unpaired) electrons. The molecule has 3 nitrogen and oxygen atoms in total. The number of aliphatic hydroxyl groups is 1. The van der Waals surface area contributed by atoms with Crippen molar-refractivity contribution in [3.8, 4) is 0 Å². The summed E-state index contributed by atoms with van der Waals surface area (Å²) in [6.07, 6.45) is -0.595. The van der Waals surface area contributed by atoms with Gasteiger partial charge < -0.3 is 10.4 Å². The van der Waals surface area contributed by atoms with E-state index in [0.717, 1.165) is 26.0 Å². The standard InChI is InChI=1S/C19H19NO2S3/c1-2-24-16-6-4-3-5-15(16)19(22)20-11-14-7-8-17(25-14)18(21)13-9-10-23-12-13/h3-10,12,18,21H,2,11H2,1H3,(H,20,22)/t18-/m1/s1. The molecule has 0 aliphatic heterocycles. The van der Waals surface area contributed by atoms with E-state index < -0.39 is 6.10 Å². The minimum Gasteiger partial charge on any atom is -0.383 e. The molecule has 0 unspecified atom stereocenters. The smallest absolute Gasteiger partial charge is 0.252 e. The predicted molar refractivity (Wildman–Crippen MR) is 107 cm³/mol. The number of benzene rings is 1. The maximum Gasteiger partial charge on any atom is 0.252 e. The van der Waals surface area contributed by atoms with Crippen LogP contribution in [0.15, 0.2) is 58.1 Å². The second-order valence-electron chi connectivity index (χ2n) is 5.38. The van der Waals surface area contributed by atoms with Crippen LogP contribution in [-0.4, -0.2) is 16.8 Å². The third-order valence-electron chi connectivity index (χ3n) is 3.67. The topological polar surface area (TPSA) is 49.3 Å². The first-order valence-electron chi connectivity index (χ1n) is 7.98. The average molecular weight is 390 g/mol. The van der Waals surface area contributed by atoms with E-state index in [0.29, 0.717) is 12.1 Å². The van der Waals surface area contributed by atoms with Crippen molar-refractivity contribution in [3.05, 3.63) is 74.1 Å². The van der Waals surface area contributed by atoms with Gasteiger partial charge in [-0.25, -0.2) is 0 Å². The van der Waals surface area contributed by atoms with Crippen LogP contribution in [0.5, 0.6) is 0 Å². The molecule has 2 aromatic heterocycles. The fraction of sp³-hybridized carbons (Fsp3) is 0.211. The molecular formula is C19H19NO2S3. The number of carbonyl (C=O) groups is 1. The monoisotopic (exact) mass is 389 g/mol. The molecule has 1 aromatic carbocycles. The van der Waals surface area contributed by atoms with Gasteiger partial charge in [-0.3, -0.25) is 4.79 Å². The van der Waals surface area contributed by atoms with Gasteiger partial charge in [0, 0.05) is 14.6 Å². The maximum atomic E-state index is 12.5. The third-order valence-corrected chi connectivity index (χ3v) is 6.46. The second kappa shape index (κ2) is 8.67. The van der Waals surface area contributed by atoms with Crippen LogP contribution in [-0.2, 0) is 6.54 Å². The molecule has 130 valence electrons. The number of aliphatic hydroxyl groups excluding tert-OH is 1. The molecule has 3 rings (SSSR count). The first kappa shape index (κ1) is 18.2. The molecule has 6 heteroatoms. The zero-order chi connectivity index (χ0) is 17.6. The van der Waals surface area contributed by atoms with E-state index in [4.69, 9.17) is 0 Å². The molecule has 2 N–H and O–H groups in total. The van der Waals surface area contributed by atoms with Gasteiger partial charge in [0.15, 0.2) is 0 Å². The van der Waals surface area contributed by atoms with E-state index in [1.165, 1.54) is 11.3 Å². The summed E-state index contributed by atoms with van der Waals surface area (Å²) in [7, 11) is 0. The summed E-state index contributed by atoms with van der Waals surface area (Å²) in [5, 5.41) is 17.3. The molecule has 1 atom stereocenters. The van der Waals surface area contributed by atoms with Gasteiger partial charge in [-0.05, 0) is 52.4 Å². The van der Waals surface area contributed by atoms with E-state index in [9.17, 15) is 9.90 Å². The molecule has 0 saturated carbocycles. The number of rotatable bonds is 7. The Kier molecular flexibility index (Phi) is 6.31. The Labute approximate surface area is 159 Å². The van der Waals surface area contributed by atoms with Crippen LogP contribution in [0.1, 0.15) is 38.7 Å². The summed E-state index contributed by atoms with van der Waals surface area (Å²) in [5.41, 5.74) is 1.62. The second-order valence-corrected chi connectivity index (χ2v) is 8.66. The Morgan fingerprint density at radius 3 is 2.84 bits per heavy atom. The molecule has 0 fully saturated rings. The van der Waals surface area contributed by atoms with E-state index in [2.05, 4.69) is 12.2 Å². The summed E-state index contributed by atoms with van der Waals surface area (Å²) in [6.45, 7) is 2.54. The summed E-state index contributed by atoms with van der Waals surface area (Å²) in [4.78, 5) is 15.4. The van der Waals surface area contributed by atoms with E-state index in [1.54, 1.807) is 23.1 Å². The Balaban J connectivity index is 1.63. The largest absolute Gasteiger partial charge is 0.383 e. The number of hydrogen-bond donors (Lipinski definition) is 2. The lowest BCUT2D eigenvalue weighted by atomic mass is 10.2.